The molecule has 0 fully saturated rings. The molecule has 4 rings (SSSR count). The van der Waals surface area contributed by atoms with E-state index in [0.29, 0.717) is 0 Å². The van der Waals surface area contributed by atoms with Gasteiger partial charge in [-0.15, -0.1) is 11.3 Å². The van der Waals surface area contributed by atoms with Gasteiger partial charge in [-0.05, 0) is 38.1 Å². The van der Waals surface area contributed by atoms with E-state index in [2.05, 4.69) is 41.4 Å². The third-order valence-corrected chi connectivity index (χ3v) is 6.03. The number of benzene rings is 2. The number of rotatable bonds is 7. The zero-order valence-corrected chi connectivity index (χ0v) is 17.6. The van der Waals surface area contributed by atoms with Gasteiger partial charge in [0.1, 0.15) is 10.8 Å². The van der Waals surface area contributed by atoms with Gasteiger partial charge in [-0.3, -0.25) is 0 Å². The van der Waals surface area contributed by atoms with Gasteiger partial charge in [-0.25, -0.2) is 9.67 Å². The summed E-state index contributed by atoms with van der Waals surface area (Å²) in [6, 6.07) is 18.4. The van der Waals surface area contributed by atoms with E-state index in [-0.39, 0.29) is 6.04 Å². The highest BCUT2D eigenvalue weighted by molar-refractivity contribution is 7.15. The van der Waals surface area contributed by atoms with Gasteiger partial charge in [-0.1, -0.05) is 30.3 Å². The Bertz CT molecular complexity index is 1070. The standard InChI is InChI=1S/C23H24N4OS/c1-16(24-13-21-14-25-23(29-21)18-7-5-4-6-8-18)22-15-26-27(17(22)2)19-9-11-20(28-3)12-10-19/h4-12,14-16,24H,13H2,1-3H3/t16-/m1/s1. The maximum absolute atomic E-state index is 5.24. The fourth-order valence-electron chi connectivity index (χ4n) is 3.30. The van der Waals surface area contributed by atoms with Crippen LogP contribution in [-0.4, -0.2) is 21.9 Å². The van der Waals surface area contributed by atoms with E-state index < -0.39 is 0 Å². The molecule has 0 aliphatic carbocycles. The molecule has 148 valence electrons. The maximum atomic E-state index is 5.24. The molecular weight excluding hydrogens is 380 g/mol. The quantitative estimate of drug-likeness (QED) is 0.462. The Labute approximate surface area is 175 Å². The molecule has 1 atom stereocenters. The van der Waals surface area contributed by atoms with E-state index >= 15 is 0 Å². The second kappa shape index (κ2) is 8.59. The van der Waals surface area contributed by atoms with Crippen molar-refractivity contribution < 1.29 is 4.74 Å². The van der Waals surface area contributed by atoms with Crippen molar-refractivity contribution in [1.82, 2.24) is 20.1 Å². The van der Waals surface area contributed by atoms with Crippen molar-refractivity contribution in [2.45, 2.75) is 26.4 Å². The summed E-state index contributed by atoms with van der Waals surface area (Å²) in [5.74, 6) is 0.841. The number of nitrogens with zero attached hydrogens (tertiary/aromatic N) is 3. The summed E-state index contributed by atoms with van der Waals surface area (Å²) in [4.78, 5) is 5.78. The van der Waals surface area contributed by atoms with E-state index in [9.17, 15) is 0 Å². The molecular formula is C23H24N4OS. The molecule has 0 aliphatic rings. The molecule has 0 bridgehead atoms. The predicted molar refractivity (Wildman–Crippen MR) is 118 cm³/mol. The van der Waals surface area contributed by atoms with Crippen LogP contribution < -0.4 is 10.1 Å². The van der Waals surface area contributed by atoms with Gasteiger partial charge in [-0.2, -0.15) is 5.10 Å². The molecule has 0 radical (unpaired) electrons. The van der Waals surface area contributed by atoms with Crippen LogP contribution in [0.15, 0.2) is 67.0 Å². The molecule has 6 heteroatoms. The lowest BCUT2D eigenvalue weighted by atomic mass is 10.1. The molecule has 0 spiro atoms. The fraction of sp³-hybridized carbons (Fsp3) is 0.217. The SMILES string of the molecule is COc1ccc(-n2ncc([C@@H](C)NCc3cnc(-c4ccccc4)s3)c2C)cc1. The van der Waals surface area contributed by atoms with E-state index in [1.54, 1.807) is 18.4 Å². The first kappa shape index (κ1) is 19.4. The molecule has 0 saturated carbocycles. The summed E-state index contributed by atoms with van der Waals surface area (Å²) in [6.07, 6.45) is 3.90. The van der Waals surface area contributed by atoms with E-state index in [0.717, 1.165) is 34.2 Å². The molecule has 29 heavy (non-hydrogen) atoms. The Morgan fingerprint density at radius 1 is 1.07 bits per heavy atom. The van der Waals surface area contributed by atoms with E-state index in [4.69, 9.17) is 4.74 Å². The van der Waals surface area contributed by atoms with Gasteiger partial charge in [0.05, 0.1) is 19.0 Å². The van der Waals surface area contributed by atoms with Gasteiger partial charge in [0.2, 0.25) is 0 Å². The van der Waals surface area contributed by atoms with Crippen LogP contribution in [-0.2, 0) is 6.54 Å². The van der Waals surface area contributed by atoms with Gasteiger partial charge in [0.25, 0.3) is 0 Å². The Balaban J connectivity index is 1.43. The van der Waals surface area contributed by atoms with Crippen LogP contribution in [0.1, 0.15) is 29.1 Å². The minimum atomic E-state index is 0.185. The number of hydrogen-bond acceptors (Lipinski definition) is 5. The van der Waals surface area contributed by atoms with Crippen LogP contribution in [0.2, 0.25) is 0 Å². The Hall–Kier alpha value is -2.96. The Morgan fingerprint density at radius 2 is 1.83 bits per heavy atom. The lowest BCUT2D eigenvalue weighted by Gasteiger charge is -2.13. The van der Waals surface area contributed by atoms with Crippen LogP contribution in [0.25, 0.3) is 16.3 Å². The number of ether oxygens (including phenoxy) is 1. The molecule has 2 aromatic carbocycles. The highest BCUT2D eigenvalue weighted by Gasteiger charge is 2.15. The molecule has 4 aromatic rings. The van der Waals surface area contributed by atoms with Gasteiger partial charge < -0.3 is 10.1 Å². The molecule has 0 saturated heterocycles. The van der Waals surface area contributed by atoms with Crippen molar-refractivity contribution in [3.8, 4) is 22.0 Å². The second-order valence-corrected chi connectivity index (χ2v) is 8.01. The average Bonchev–Trinajstić information content (AvgIpc) is 3.40. The van der Waals surface area contributed by atoms with Crippen molar-refractivity contribution in [3.63, 3.8) is 0 Å². The molecule has 0 aliphatic heterocycles. The minimum Gasteiger partial charge on any atom is -0.497 e. The normalized spacial score (nSPS) is 12.1. The first-order chi connectivity index (χ1) is 14.2. The number of aromatic nitrogens is 3. The van der Waals surface area contributed by atoms with Crippen LogP contribution in [0.3, 0.4) is 0 Å². The van der Waals surface area contributed by atoms with Gasteiger partial charge >= 0.3 is 0 Å². The summed E-state index contributed by atoms with van der Waals surface area (Å²) in [6.45, 7) is 5.05. The second-order valence-electron chi connectivity index (χ2n) is 6.90. The lowest BCUT2D eigenvalue weighted by Crippen LogP contribution is -2.18. The van der Waals surface area contributed by atoms with E-state index in [1.807, 2.05) is 59.5 Å². The fourth-order valence-corrected chi connectivity index (χ4v) is 4.17. The summed E-state index contributed by atoms with van der Waals surface area (Å²) in [5, 5.41) is 9.24. The van der Waals surface area contributed by atoms with Gasteiger partial charge in [0.15, 0.2) is 0 Å². The third-order valence-electron chi connectivity index (χ3n) is 4.99. The Morgan fingerprint density at radius 3 is 2.55 bits per heavy atom. The lowest BCUT2D eigenvalue weighted by molar-refractivity contribution is 0.414. The summed E-state index contributed by atoms with van der Waals surface area (Å²) < 4.78 is 7.20. The summed E-state index contributed by atoms with van der Waals surface area (Å²) >= 11 is 1.73. The zero-order valence-electron chi connectivity index (χ0n) is 16.8. The number of thiazole rings is 1. The molecule has 0 unspecified atom stereocenters. The van der Waals surface area contributed by atoms with Crippen molar-refractivity contribution in [2.24, 2.45) is 0 Å². The Kier molecular flexibility index (Phi) is 5.74. The van der Waals surface area contributed by atoms with Crippen LogP contribution in [0, 0.1) is 6.92 Å². The molecule has 0 amide bonds. The van der Waals surface area contributed by atoms with Crippen molar-refractivity contribution >= 4 is 11.3 Å². The molecule has 5 nitrogen and oxygen atoms in total. The maximum Gasteiger partial charge on any atom is 0.123 e. The van der Waals surface area contributed by atoms with Crippen LogP contribution in [0.5, 0.6) is 5.75 Å². The van der Waals surface area contributed by atoms with Crippen molar-refractivity contribution in [1.29, 1.82) is 0 Å². The predicted octanol–water partition coefficient (Wildman–Crippen LogP) is 5.16. The van der Waals surface area contributed by atoms with E-state index in [1.165, 1.54) is 10.4 Å². The highest BCUT2D eigenvalue weighted by Crippen LogP contribution is 2.26. The summed E-state index contributed by atoms with van der Waals surface area (Å²) in [5.41, 5.74) is 4.50. The number of hydrogen-bond donors (Lipinski definition) is 1. The molecule has 1 N–H and O–H groups in total. The van der Waals surface area contributed by atoms with Crippen LogP contribution in [0.4, 0.5) is 0 Å². The molecule has 2 heterocycles. The van der Waals surface area contributed by atoms with Gasteiger partial charge in [0, 0.05) is 40.5 Å². The minimum absolute atomic E-state index is 0.185. The number of methoxy groups -OCH3 is 1. The summed E-state index contributed by atoms with van der Waals surface area (Å²) in [7, 11) is 1.67. The first-order valence-electron chi connectivity index (χ1n) is 9.58. The number of nitrogens with one attached hydrogen (secondary N) is 1. The molecule has 2 aromatic heterocycles. The largest absolute Gasteiger partial charge is 0.497 e. The average molecular weight is 405 g/mol. The smallest absolute Gasteiger partial charge is 0.123 e. The first-order valence-corrected chi connectivity index (χ1v) is 10.4. The monoisotopic (exact) mass is 404 g/mol. The van der Waals surface area contributed by atoms with Crippen molar-refractivity contribution in [3.05, 3.63) is 83.1 Å². The van der Waals surface area contributed by atoms with Crippen LogP contribution >= 0.6 is 11.3 Å². The topological polar surface area (TPSA) is 52.0 Å². The highest BCUT2D eigenvalue weighted by atomic mass is 32.1. The van der Waals surface area contributed by atoms with Crippen molar-refractivity contribution in [2.75, 3.05) is 7.11 Å². The third kappa shape index (κ3) is 4.23. The zero-order chi connectivity index (χ0) is 20.2.